The summed E-state index contributed by atoms with van der Waals surface area (Å²) in [4.78, 5) is 27.2. The van der Waals surface area contributed by atoms with Crippen molar-refractivity contribution >= 4 is 33.2 Å². The molecule has 2 amide bonds. The number of amides is 2. The van der Waals surface area contributed by atoms with Crippen molar-refractivity contribution in [2.75, 3.05) is 6.54 Å². The number of carbonyl (C=O) groups excluding carboxylic acids is 2. The molecule has 0 fully saturated rings. The molecule has 1 atom stereocenters. The molecular formula is C18H17N3O3S. The number of rotatable bonds is 2. The summed E-state index contributed by atoms with van der Waals surface area (Å²) in [5.41, 5.74) is 2.93. The zero-order chi connectivity index (χ0) is 17.6. The van der Waals surface area contributed by atoms with Crippen LogP contribution in [0.3, 0.4) is 0 Å². The minimum absolute atomic E-state index is 0.00862. The first-order chi connectivity index (χ1) is 12.1. The third kappa shape index (κ3) is 2.61. The first kappa shape index (κ1) is 15.9. The molecule has 2 N–H and O–H groups in total. The molecule has 7 heteroatoms. The highest BCUT2D eigenvalue weighted by molar-refractivity contribution is 7.20. The smallest absolute Gasteiger partial charge is 0.276 e. The van der Waals surface area contributed by atoms with Gasteiger partial charge in [0, 0.05) is 29.7 Å². The van der Waals surface area contributed by atoms with Gasteiger partial charge in [-0.3, -0.25) is 14.8 Å². The third-order valence-electron chi connectivity index (χ3n) is 4.67. The second kappa shape index (κ2) is 6.02. The lowest BCUT2D eigenvalue weighted by Gasteiger charge is -2.34. The van der Waals surface area contributed by atoms with E-state index in [-0.39, 0.29) is 11.9 Å². The van der Waals surface area contributed by atoms with Gasteiger partial charge in [-0.2, -0.15) is 0 Å². The van der Waals surface area contributed by atoms with E-state index in [0.717, 1.165) is 20.7 Å². The van der Waals surface area contributed by atoms with Gasteiger partial charge in [0.15, 0.2) is 0 Å². The van der Waals surface area contributed by atoms with E-state index in [1.165, 1.54) is 11.3 Å². The molecule has 4 rings (SSSR count). The van der Waals surface area contributed by atoms with Crippen molar-refractivity contribution in [3.05, 3.63) is 58.7 Å². The van der Waals surface area contributed by atoms with Crippen LogP contribution in [0.15, 0.2) is 42.6 Å². The molecule has 0 bridgehead atoms. The molecule has 6 nitrogen and oxygen atoms in total. The number of carbonyl (C=O) groups is 2. The Hall–Kier alpha value is -2.64. The molecule has 2 aromatic heterocycles. The number of benzene rings is 1. The van der Waals surface area contributed by atoms with Crippen molar-refractivity contribution in [1.29, 1.82) is 0 Å². The van der Waals surface area contributed by atoms with Crippen LogP contribution in [0.5, 0.6) is 0 Å². The molecule has 1 unspecified atom stereocenters. The molecule has 1 aromatic carbocycles. The molecule has 1 aliphatic heterocycles. The van der Waals surface area contributed by atoms with E-state index in [9.17, 15) is 9.59 Å². The van der Waals surface area contributed by atoms with E-state index in [1.807, 2.05) is 46.7 Å². The summed E-state index contributed by atoms with van der Waals surface area (Å²) in [6, 6.07) is 11.5. The number of hydrogen-bond donors (Lipinski definition) is 2. The Bertz CT molecular complexity index is 942. The molecule has 0 spiro atoms. The van der Waals surface area contributed by atoms with Gasteiger partial charge < -0.3 is 9.47 Å². The maximum atomic E-state index is 13.0. The van der Waals surface area contributed by atoms with Crippen LogP contribution in [0.2, 0.25) is 0 Å². The van der Waals surface area contributed by atoms with E-state index in [0.29, 0.717) is 18.7 Å². The van der Waals surface area contributed by atoms with Gasteiger partial charge in [-0.15, -0.1) is 11.3 Å². The minimum Gasteiger partial charge on any atom is -0.347 e. The predicted octanol–water partition coefficient (Wildman–Crippen LogP) is 3.04. The summed E-state index contributed by atoms with van der Waals surface area (Å²) >= 11 is 1.50. The highest BCUT2D eigenvalue weighted by Gasteiger charge is 2.30. The highest BCUT2D eigenvalue weighted by atomic mass is 32.1. The van der Waals surface area contributed by atoms with Crippen LogP contribution in [-0.4, -0.2) is 33.0 Å². The van der Waals surface area contributed by atoms with Gasteiger partial charge >= 0.3 is 0 Å². The molecule has 3 aromatic rings. The summed E-state index contributed by atoms with van der Waals surface area (Å²) in [7, 11) is 0. The average molecular weight is 355 g/mol. The lowest BCUT2D eigenvalue weighted by atomic mass is 10.1. The van der Waals surface area contributed by atoms with Gasteiger partial charge in [0.1, 0.15) is 0 Å². The molecule has 0 saturated carbocycles. The Labute approximate surface area is 148 Å². The van der Waals surface area contributed by atoms with Crippen molar-refractivity contribution in [2.45, 2.75) is 19.5 Å². The zero-order valence-corrected chi connectivity index (χ0v) is 14.4. The Morgan fingerprint density at radius 3 is 2.80 bits per heavy atom. The van der Waals surface area contributed by atoms with Crippen molar-refractivity contribution < 1.29 is 14.8 Å². The number of nitrogens with one attached hydrogen (secondary N) is 1. The van der Waals surface area contributed by atoms with E-state index >= 15 is 0 Å². The van der Waals surface area contributed by atoms with Gasteiger partial charge in [-0.05, 0) is 30.5 Å². The molecular weight excluding hydrogens is 338 g/mol. The number of hydroxylamine groups is 1. The summed E-state index contributed by atoms with van der Waals surface area (Å²) in [6.45, 7) is 3.15. The summed E-state index contributed by atoms with van der Waals surface area (Å²) in [5, 5.41) is 9.88. The fourth-order valence-corrected chi connectivity index (χ4v) is 4.36. The summed E-state index contributed by atoms with van der Waals surface area (Å²) < 4.78 is 3.06. The van der Waals surface area contributed by atoms with Crippen molar-refractivity contribution in [1.82, 2.24) is 14.9 Å². The largest absolute Gasteiger partial charge is 0.347 e. The van der Waals surface area contributed by atoms with Crippen molar-refractivity contribution in [3.63, 3.8) is 0 Å². The average Bonchev–Trinajstić information content (AvgIpc) is 3.25. The highest BCUT2D eigenvalue weighted by Crippen LogP contribution is 2.32. The van der Waals surface area contributed by atoms with Gasteiger partial charge in [0.2, 0.25) is 0 Å². The van der Waals surface area contributed by atoms with E-state index in [4.69, 9.17) is 5.21 Å². The monoisotopic (exact) mass is 355 g/mol. The molecule has 25 heavy (non-hydrogen) atoms. The van der Waals surface area contributed by atoms with Crippen LogP contribution in [0.25, 0.3) is 10.1 Å². The first-order valence-corrected chi connectivity index (χ1v) is 8.84. The normalized spacial score (nSPS) is 16.7. The molecule has 128 valence electrons. The topological polar surface area (TPSA) is 74.6 Å². The minimum atomic E-state index is -0.545. The van der Waals surface area contributed by atoms with E-state index in [1.54, 1.807) is 17.7 Å². The SMILES string of the molecule is CC1c2cc(C(=O)NO)cn2CCN1C(=O)c1cc2ccccc2s1. The Balaban J connectivity index is 1.64. The maximum absolute atomic E-state index is 13.0. The van der Waals surface area contributed by atoms with Crippen molar-refractivity contribution in [3.8, 4) is 0 Å². The first-order valence-electron chi connectivity index (χ1n) is 8.02. The Kier molecular flexibility index (Phi) is 3.82. The maximum Gasteiger partial charge on any atom is 0.276 e. The van der Waals surface area contributed by atoms with Crippen LogP contribution >= 0.6 is 11.3 Å². The van der Waals surface area contributed by atoms with E-state index in [2.05, 4.69) is 0 Å². The van der Waals surface area contributed by atoms with Gasteiger partial charge in [-0.25, -0.2) is 5.48 Å². The summed E-state index contributed by atoms with van der Waals surface area (Å²) in [5.74, 6) is -0.536. The quantitative estimate of drug-likeness (QED) is 0.548. The fraction of sp³-hybridized carbons (Fsp3) is 0.222. The van der Waals surface area contributed by atoms with E-state index < -0.39 is 5.91 Å². The summed E-state index contributed by atoms with van der Waals surface area (Å²) in [6.07, 6.45) is 1.71. The fourth-order valence-electron chi connectivity index (χ4n) is 3.34. The molecule has 0 aliphatic carbocycles. The molecule has 0 saturated heterocycles. The lowest BCUT2D eigenvalue weighted by molar-refractivity contribution is 0.0648. The van der Waals surface area contributed by atoms with Crippen LogP contribution in [0.1, 0.15) is 38.7 Å². The number of thiophene rings is 1. The zero-order valence-electron chi connectivity index (χ0n) is 13.6. The number of hydrogen-bond acceptors (Lipinski definition) is 4. The van der Waals surface area contributed by atoms with Crippen LogP contribution in [0, 0.1) is 0 Å². The number of nitrogens with zero attached hydrogens (tertiary/aromatic N) is 2. The van der Waals surface area contributed by atoms with Crippen LogP contribution in [0.4, 0.5) is 0 Å². The standard InChI is InChI=1S/C18H17N3O3S/c1-11-14-8-13(17(22)19-24)10-20(14)6-7-21(11)18(23)16-9-12-4-2-3-5-15(12)25-16/h2-5,8-11,24H,6-7H2,1H3,(H,19,22). The number of fused-ring (bicyclic) bond motifs is 2. The van der Waals surface area contributed by atoms with Gasteiger partial charge in [0.25, 0.3) is 11.8 Å². The third-order valence-corrected chi connectivity index (χ3v) is 5.77. The van der Waals surface area contributed by atoms with Crippen LogP contribution in [-0.2, 0) is 6.54 Å². The Morgan fingerprint density at radius 1 is 1.24 bits per heavy atom. The van der Waals surface area contributed by atoms with Gasteiger partial charge in [0.05, 0.1) is 16.5 Å². The predicted molar refractivity (Wildman–Crippen MR) is 95.0 cm³/mol. The molecule has 3 heterocycles. The second-order valence-electron chi connectivity index (χ2n) is 6.11. The molecule has 0 radical (unpaired) electrons. The van der Waals surface area contributed by atoms with Gasteiger partial charge in [-0.1, -0.05) is 18.2 Å². The lowest BCUT2D eigenvalue weighted by Crippen LogP contribution is -2.40. The van der Waals surface area contributed by atoms with Crippen molar-refractivity contribution in [2.24, 2.45) is 0 Å². The van der Waals surface area contributed by atoms with Crippen LogP contribution < -0.4 is 5.48 Å². The number of aromatic nitrogens is 1. The molecule has 1 aliphatic rings. The Morgan fingerprint density at radius 2 is 2.04 bits per heavy atom. The second-order valence-corrected chi connectivity index (χ2v) is 7.19.